The van der Waals surface area contributed by atoms with Crippen molar-refractivity contribution in [3.8, 4) is 0 Å². The number of aliphatic imine (C=N–C) groups is 1. The van der Waals surface area contributed by atoms with E-state index in [1.807, 2.05) is 23.3 Å². The van der Waals surface area contributed by atoms with E-state index in [1.54, 1.807) is 18.4 Å². The van der Waals surface area contributed by atoms with Crippen LogP contribution in [-0.2, 0) is 6.54 Å². The quantitative estimate of drug-likeness (QED) is 0.348. The summed E-state index contributed by atoms with van der Waals surface area (Å²) in [5.74, 6) is 1.96. The van der Waals surface area contributed by atoms with Crippen molar-refractivity contribution in [2.45, 2.75) is 19.4 Å². The molecule has 31 heavy (non-hydrogen) atoms. The Bertz CT molecular complexity index is 819. The Hall–Kier alpha value is -1.59. The lowest BCUT2D eigenvalue weighted by atomic mass is 9.98. The van der Waals surface area contributed by atoms with Crippen LogP contribution in [0.3, 0.4) is 0 Å². The van der Waals surface area contributed by atoms with E-state index in [0.29, 0.717) is 24.8 Å². The second-order valence-electron chi connectivity index (χ2n) is 8.01. The van der Waals surface area contributed by atoms with Gasteiger partial charge < -0.3 is 19.5 Å². The smallest absolute Gasteiger partial charge is 0.289 e. The summed E-state index contributed by atoms with van der Waals surface area (Å²) in [6.07, 6.45) is 4.06. The van der Waals surface area contributed by atoms with E-state index >= 15 is 0 Å². The second-order valence-corrected chi connectivity index (χ2v) is 9.04. The summed E-state index contributed by atoms with van der Waals surface area (Å²) < 4.78 is 5.25. The maximum Gasteiger partial charge on any atom is 0.289 e. The second kappa shape index (κ2) is 11.9. The van der Waals surface area contributed by atoms with E-state index in [2.05, 4.69) is 37.6 Å². The molecule has 2 fully saturated rings. The number of hydrogen-bond donors (Lipinski definition) is 1. The van der Waals surface area contributed by atoms with Crippen LogP contribution in [0.2, 0.25) is 0 Å². The first kappa shape index (κ1) is 24.1. The molecule has 0 radical (unpaired) electrons. The van der Waals surface area contributed by atoms with Gasteiger partial charge in [-0.25, -0.2) is 0 Å². The minimum Gasteiger partial charge on any atom is -0.459 e. The Morgan fingerprint density at radius 2 is 2.00 bits per heavy atom. The first-order valence-corrected chi connectivity index (χ1v) is 11.6. The molecule has 170 valence electrons. The largest absolute Gasteiger partial charge is 0.459 e. The van der Waals surface area contributed by atoms with Crippen LogP contribution in [0.25, 0.3) is 0 Å². The van der Waals surface area contributed by atoms with Crippen LogP contribution >= 0.6 is 35.3 Å². The summed E-state index contributed by atoms with van der Waals surface area (Å²) in [7, 11) is 1.84. The molecule has 1 N–H and O–H groups in total. The van der Waals surface area contributed by atoms with Crippen molar-refractivity contribution in [3.05, 3.63) is 46.5 Å². The number of amides is 1. The van der Waals surface area contributed by atoms with Crippen LogP contribution in [0.1, 0.15) is 28.3 Å². The first-order valence-electron chi connectivity index (χ1n) is 10.8. The minimum absolute atomic E-state index is 0. The highest BCUT2D eigenvalue weighted by atomic mass is 127. The fraction of sp³-hybridized carbons (Fsp3) is 0.545. The molecule has 0 saturated carbocycles. The molecular weight excluding hydrogens is 525 g/mol. The van der Waals surface area contributed by atoms with Gasteiger partial charge in [-0.05, 0) is 48.9 Å². The molecule has 0 aliphatic carbocycles. The molecule has 2 aromatic heterocycles. The molecule has 1 unspecified atom stereocenters. The van der Waals surface area contributed by atoms with Crippen LogP contribution in [0.4, 0.5) is 0 Å². The molecule has 0 aromatic carbocycles. The summed E-state index contributed by atoms with van der Waals surface area (Å²) in [6, 6.07) is 7.84. The van der Waals surface area contributed by atoms with Crippen molar-refractivity contribution in [2.24, 2.45) is 10.9 Å². The van der Waals surface area contributed by atoms with E-state index < -0.39 is 0 Å². The molecule has 1 amide bonds. The zero-order chi connectivity index (χ0) is 20.8. The molecule has 7 nitrogen and oxygen atoms in total. The van der Waals surface area contributed by atoms with Crippen LogP contribution < -0.4 is 5.32 Å². The van der Waals surface area contributed by atoms with Crippen LogP contribution in [0.5, 0.6) is 0 Å². The van der Waals surface area contributed by atoms with Crippen LogP contribution in [0, 0.1) is 5.92 Å². The number of nitrogens with one attached hydrogen (secondary N) is 1. The third-order valence-electron chi connectivity index (χ3n) is 5.92. The van der Waals surface area contributed by atoms with Gasteiger partial charge in [0.15, 0.2) is 11.7 Å². The molecule has 9 heteroatoms. The monoisotopic (exact) mass is 557 g/mol. The average molecular weight is 558 g/mol. The highest BCUT2D eigenvalue weighted by Crippen LogP contribution is 2.20. The number of guanidine groups is 1. The zero-order valence-electron chi connectivity index (χ0n) is 18.0. The highest BCUT2D eigenvalue weighted by Gasteiger charge is 2.26. The first-order chi connectivity index (χ1) is 14.7. The predicted molar refractivity (Wildman–Crippen MR) is 135 cm³/mol. The van der Waals surface area contributed by atoms with Gasteiger partial charge in [0.1, 0.15) is 0 Å². The highest BCUT2D eigenvalue weighted by molar-refractivity contribution is 14.0. The van der Waals surface area contributed by atoms with Crippen molar-refractivity contribution in [1.82, 2.24) is 20.0 Å². The predicted octanol–water partition coefficient (Wildman–Crippen LogP) is 3.20. The average Bonchev–Trinajstić information content (AvgIpc) is 3.49. The lowest BCUT2D eigenvalue weighted by Crippen LogP contribution is -2.54. The maximum absolute atomic E-state index is 12.4. The normalized spacial score (nSPS) is 20.4. The van der Waals surface area contributed by atoms with Gasteiger partial charge in [-0.1, -0.05) is 6.07 Å². The number of thiophene rings is 1. The summed E-state index contributed by atoms with van der Waals surface area (Å²) in [6.45, 7) is 7.24. The molecule has 2 aromatic rings. The number of piperidine rings is 1. The van der Waals surface area contributed by atoms with Gasteiger partial charge in [-0.2, -0.15) is 0 Å². The molecule has 2 saturated heterocycles. The topological polar surface area (TPSA) is 64.3 Å². The number of piperazine rings is 1. The van der Waals surface area contributed by atoms with Crippen molar-refractivity contribution in [3.63, 3.8) is 0 Å². The number of carbonyl (C=O) groups excluding carboxylic acids is 1. The molecule has 4 heterocycles. The Labute approximate surface area is 205 Å². The lowest BCUT2D eigenvalue weighted by Gasteiger charge is -2.37. The van der Waals surface area contributed by atoms with Gasteiger partial charge in [0.25, 0.3) is 5.91 Å². The summed E-state index contributed by atoms with van der Waals surface area (Å²) in [5, 5.41) is 5.75. The van der Waals surface area contributed by atoms with Crippen molar-refractivity contribution in [1.29, 1.82) is 0 Å². The molecule has 2 aliphatic rings. The van der Waals surface area contributed by atoms with Crippen LogP contribution in [0.15, 0.2) is 45.3 Å². The number of likely N-dealkylation sites (tertiary alicyclic amines) is 1. The fourth-order valence-corrected chi connectivity index (χ4v) is 5.08. The molecular formula is C22H32IN5O2S. The number of furan rings is 1. The van der Waals surface area contributed by atoms with E-state index in [0.717, 1.165) is 38.7 Å². The number of carbonyl (C=O) groups is 1. The van der Waals surface area contributed by atoms with Crippen LogP contribution in [-0.4, -0.2) is 79.4 Å². The Morgan fingerprint density at radius 1 is 1.19 bits per heavy atom. The molecule has 2 aliphatic heterocycles. The summed E-state index contributed by atoms with van der Waals surface area (Å²) in [5.41, 5.74) is 0. The summed E-state index contributed by atoms with van der Waals surface area (Å²) >= 11 is 1.84. The van der Waals surface area contributed by atoms with Gasteiger partial charge in [-0.3, -0.25) is 14.7 Å². The minimum atomic E-state index is -0.0318. The van der Waals surface area contributed by atoms with Gasteiger partial charge >= 0.3 is 0 Å². The molecule has 0 spiro atoms. The Balaban J connectivity index is 0.00000272. The number of hydrogen-bond acceptors (Lipinski definition) is 5. The SMILES string of the molecule is CN=C(NCC1CCCN(Cc2cccs2)C1)N1CCN(C(=O)c2ccco2)CC1.I. The lowest BCUT2D eigenvalue weighted by molar-refractivity contribution is 0.0657. The maximum atomic E-state index is 12.4. The fourth-order valence-electron chi connectivity index (χ4n) is 4.33. The third-order valence-corrected chi connectivity index (χ3v) is 6.78. The van der Waals surface area contributed by atoms with E-state index in [9.17, 15) is 4.79 Å². The van der Waals surface area contributed by atoms with E-state index in [1.165, 1.54) is 24.3 Å². The molecule has 1 atom stereocenters. The van der Waals surface area contributed by atoms with Gasteiger partial charge in [0.05, 0.1) is 6.26 Å². The van der Waals surface area contributed by atoms with Crippen molar-refractivity contribution < 1.29 is 9.21 Å². The van der Waals surface area contributed by atoms with Crippen molar-refractivity contribution in [2.75, 3.05) is 52.9 Å². The van der Waals surface area contributed by atoms with Gasteiger partial charge in [0, 0.05) is 57.7 Å². The zero-order valence-corrected chi connectivity index (χ0v) is 21.2. The molecule has 0 bridgehead atoms. The third kappa shape index (κ3) is 6.45. The molecule has 4 rings (SSSR count). The standard InChI is InChI=1S/C22H31N5O2S.HI/c1-23-22(27-11-9-26(10-12-27)21(28)20-7-3-13-29-20)24-15-18-5-2-8-25(16-18)17-19-6-4-14-30-19;/h3-4,6-7,13-14,18H,2,5,8-12,15-17H2,1H3,(H,23,24);1H. The summed E-state index contributed by atoms with van der Waals surface area (Å²) in [4.78, 5) is 25.1. The Kier molecular flexibility index (Phi) is 9.21. The number of nitrogens with zero attached hydrogens (tertiary/aromatic N) is 4. The van der Waals surface area contributed by atoms with Gasteiger partial charge in [-0.15, -0.1) is 35.3 Å². The Morgan fingerprint density at radius 3 is 2.68 bits per heavy atom. The van der Waals surface area contributed by atoms with Gasteiger partial charge in [0.2, 0.25) is 0 Å². The number of rotatable bonds is 5. The van der Waals surface area contributed by atoms with E-state index in [-0.39, 0.29) is 29.9 Å². The number of halogens is 1. The van der Waals surface area contributed by atoms with E-state index in [4.69, 9.17) is 4.42 Å². The van der Waals surface area contributed by atoms with Crippen molar-refractivity contribution >= 4 is 47.2 Å².